The van der Waals surface area contributed by atoms with Gasteiger partial charge in [-0.2, -0.15) is 0 Å². The van der Waals surface area contributed by atoms with Crippen molar-refractivity contribution in [3.05, 3.63) is 15.6 Å². The number of aryl methyl sites for hydroxylation is 1. The van der Waals surface area contributed by atoms with Crippen molar-refractivity contribution in [3.63, 3.8) is 0 Å². The van der Waals surface area contributed by atoms with E-state index in [4.69, 9.17) is 0 Å². The molecule has 1 aromatic rings. The molecule has 0 spiro atoms. The summed E-state index contributed by atoms with van der Waals surface area (Å²) >= 11 is 1.76. The minimum absolute atomic E-state index is 0.244. The third-order valence-electron chi connectivity index (χ3n) is 4.14. The number of fused-ring (bicyclic) bond motifs is 1. The van der Waals surface area contributed by atoms with Crippen LogP contribution in [0.25, 0.3) is 0 Å². The van der Waals surface area contributed by atoms with Gasteiger partial charge in [0.2, 0.25) is 0 Å². The second-order valence-electron chi connectivity index (χ2n) is 5.71. The molecule has 1 unspecified atom stereocenters. The third kappa shape index (κ3) is 2.59. The third-order valence-corrected chi connectivity index (χ3v) is 5.35. The fourth-order valence-corrected chi connectivity index (χ4v) is 4.25. The summed E-state index contributed by atoms with van der Waals surface area (Å²) in [6.07, 6.45) is 3.91. The highest BCUT2D eigenvalue weighted by molar-refractivity contribution is 7.12. The van der Waals surface area contributed by atoms with Crippen LogP contribution in [-0.2, 0) is 6.42 Å². The van der Waals surface area contributed by atoms with Gasteiger partial charge in [-0.05, 0) is 46.4 Å². The molecule has 104 valence electrons. The second-order valence-corrected chi connectivity index (χ2v) is 6.83. The smallest absolute Gasteiger partial charge is 0.182 e. The molecule has 0 saturated carbocycles. The number of hydrogen-bond donors (Lipinski definition) is 0. The number of aromatic nitrogens is 1. The first kappa shape index (κ1) is 13.2. The second kappa shape index (κ2) is 5.31. The fourth-order valence-electron chi connectivity index (χ4n) is 2.97. The number of rotatable bonds is 1. The van der Waals surface area contributed by atoms with Crippen molar-refractivity contribution in [1.29, 1.82) is 0 Å². The molecule has 2 heterocycles. The summed E-state index contributed by atoms with van der Waals surface area (Å²) in [4.78, 5) is 22.6. The maximum Gasteiger partial charge on any atom is 0.182 e. The van der Waals surface area contributed by atoms with Crippen LogP contribution >= 0.6 is 11.3 Å². The standard InChI is InChI=1S/C14H21N3OS/c1-16-7-4-8-17(2)10(9-16)14-15-13-11(18)5-3-6-12(13)19-14/h10H,3-9H2,1-2H3. The lowest BCUT2D eigenvalue weighted by atomic mass is 10.0. The van der Waals surface area contributed by atoms with E-state index in [0.717, 1.165) is 43.2 Å². The van der Waals surface area contributed by atoms with Crippen LogP contribution in [0.3, 0.4) is 0 Å². The van der Waals surface area contributed by atoms with Gasteiger partial charge in [-0.15, -0.1) is 11.3 Å². The highest BCUT2D eigenvalue weighted by Crippen LogP contribution is 2.32. The number of nitrogens with zero attached hydrogens (tertiary/aromatic N) is 3. The predicted octanol–water partition coefficient (Wildman–Crippen LogP) is 1.97. The predicted molar refractivity (Wildman–Crippen MR) is 76.9 cm³/mol. The Balaban J connectivity index is 1.90. The van der Waals surface area contributed by atoms with Crippen LogP contribution in [0.5, 0.6) is 0 Å². The van der Waals surface area contributed by atoms with Crippen molar-refractivity contribution >= 4 is 17.1 Å². The fraction of sp³-hybridized carbons (Fsp3) is 0.714. The van der Waals surface area contributed by atoms with Gasteiger partial charge >= 0.3 is 0 Å². The number of ketones is 1. The van der Waals surface area contributed by atoms with Crippen LogP contribution < -0.4 is 0 Å². The number of carbonyl (C=O) groups excluding carboxylic acids is 1. The SMILES string of the molecule is CN1CCCN(C)C(c2nc3c(s2)CCCC3=O)C1. The van der Waals surface area contributed by atoms with E-state index in [1.54, 1.807) is 11.3 Å². The highest BCUT2D eigenvalue weighted by Gasteiger charge is 2.29. The van der Waals surface area contributed by atoms with Crippen molar-refractivity contribution in [1.82, 2.24) is 14.8 Å². The lowest BCUT2D eigenvalue weighted by molar-refractivity contribution is 0.0968. The van der Waals surface area contributed by atoms with E-state index in [0.29, 0.717) is 12.5 Å². The quantitative estimate of drug-likeness (QED) is 0.787. The molecule has 1 aromatic heterocycles. The van der Waals surface area contributed by atoms with Gasteiger partial charge in [-0.1, -0.05) is 0 Å². The van der Waals surface area contributed by atoms with E-state index in [9.17, 15) is 4.79 Å². The van der Waals surface area contributed by atoms with Crippen LogP contribution in [0.4, 0.5) is 0 Å². The van der Waals surface area contributed by atoms with E-state index in [-0.39, 0.29) is 5.78 Å². The van der Waals surface area contributed by atoms with Gasteiger partial charge in [0, 0.05) is 17.8 Å². The van der Waals surface area contributed by atoms with E-state index >= 15 is 0 Å². The van der Waals surface area contributed by atoms with Crippen LogP contribution in [0.15, 0.2) is 0 Å². The zero-order valence-corrected chi connectivity index (χ0v) is 12.5. The van der Waals surface area contributed by atoms with Gasteiger partial charge in [-0.3, -0.25) is 9.69 Å². The molecule has 3 rings (SSSR count). The first-order chi connectivity index (χ1) is 9.15. The Bertz CT molecular complexity index is 485. The Morgan fingerprint density at radius 1 is 1.21 bits per heavy atom. The first-order valence-corrected chi connectivity index (χ1v) is 7.88. The molecule has 0 bridgehead atoms. The normalized spacial score (nSPS) is 26.2. The maximum absolute atomic E-state index is 11.9. The first-order valence-electron chi connectivity index (χ1n) is 7.06. The average Bonchev–Trinajstić information content (AvgIpc) is 2.73. The molecule has 2 aliphatic rings. The Morgan fingerprint density at radius 2 is 2.05 bits per heavy atom. The molecule has 19 heavy (non-hydrogen) atoms. The molecule has 1 atom stereocenters. The molecule has 0 amide bonds. The van der Waals surface area contributed by atoms with E-state index in [1.807, 2.05) is 0 Å². The number of hydrogen-bond acceptors (Lipinski definition) is 5. The number of likely N-dealkylation sites (N-methyl/N-ethyl adjacent to an activating group) is 2. The summed E-state index contributed by atoms with van der Waals surface area (Å²) in [6.45, 7) is 3.26. The number of carbonyl (C=O) groups is 1. The molecule has 0 aromatic carbocycles. The molecule has 1 aliphatic carbocycles. The monoisotopic (exact) mass is 279 g/mol. The van der Waals surface area contributed by atoms with Crippen molar-refractivity contribution in [2.75, 3.05) is 33.7 Å². The zero-order valence-electron chi connectivity index (χ0n) is 11.7. The molecular formula is C14H21N3OS. The van der Waals surface area contributed by atoms with Gasteiger partial charge < -0.3 is 4.90 Å². The summed E-state index contributed by atoms with van der Waals surface area (Å²) in [5, 5.41) is 1.14. The van der Waals surface area contributed by atoms with Crippen LogP contribution in [0.2, 0.25) is 0 Å². The summed E-state index contributed by atoms with van der Waals surface area (Å²) in [7, 11) is 4.34. The summed E-state index contributed by atoms with van der Waals surface area (Å²) in [6, 6.07) is 0.343. The Morgan fingerprint density at radius 3 is 2.84 bits per heavy atom. The van der Waals surface area contributed by atoms with Crippen molar-refractivity contribution < 1.29 is 4.79 Å². The Hall–Kier alpha value is -0.780. The lowest BCUT2D eigenvalue weighted by Gasteiger charge is -2.25. The maximum atomic E-state index is 11.9. The van der Waals surface area contributed by atoms with Crippen molar-refractivity contribution in [2.45, 2.75) is 31.7 Å². The minimum Gasteiger partial charge on any atom is -0.304 e. The topological polar surface area (TPSA) is 36.4 Å². The summed E-state index contributed by atoms with van der Waals surface area (Å²) < 4.78 is 0. The van der Waals surface area contributed by atoms with Gasteiger partial charge in [0.1, 0.15) is 10.7 Å². The largest absolute Gasteiger partial charge is 0.304 e. The van der Waals surface area contributed by atoms with E-state index in [2.05, 4.69) is 28.9 Å². The Kier molecular flexibility index (Phi) is 3.69. The highest BCUT2D eigenvalue weighted by atomic mass is 32.1. The molecule has 0 N–H and O–H groups in total. The molecule has 1 aliphatic heterocycles. The van der Waals surface area contributed by atoms with Gasteiger partial charge in [0.25, 0.3) is 0 Å². The zero-order chi connectivity index (χ0) is 13.4. The molecule has 1 saturated heterocycles. The minimum atomic E-state index is 0.244. The molecule has 0 radical (unpaired) electrons. The summed E-state index contributed by atoms with van der Waals surface area (Å²) in [5.41, 5.74) is 0.770. The average molecular weight is 279 g/mol. The molecule has 5 heteroatoms. The van der Waals surface area contributed by atoms with Gasteiger partial charge in [0.05, 0.1) is 6.04 Å². The van der Waals surface area contributed by atoms with Crippen LogP contribution in [0.1, 0.15) is 45.7 Å². The van der Waals surface area contributed by atoms with E-state index < -0.39 is 0 Å². The molecular weight excluding hydrogens is 258 g/mol. The molecule has 1 fully saturated rings. The van der Waals surface area contributed by atoms with Crippen molar-refractivity contribution in [3.8, 4) is 0 Å². The van der Waals surface area contributed by atoms with Gasteiger partial charge in [0.15, 0.2) is 5.78 Å². The molecule has 4 nitrogen and oxygen atoms in total. The Labute approximate surface area is 118 Å². The number of thiazole rings is 1. The van der Waals surface area contributed by atoms with E-state index in [1.165, 1.54) is 11.3 Å². The van der Waals surface area contributed by atoms with Crippen LogP contribution in [0, 0.1) is 0 Å². The lowest BCUT2D eigenvalue weighted by Crippen LogP contribution is -2.30. The van der Waals surface area contributed by atoms with Crippen molar-refractivity contribution in [2.24, 2.45) is 0 Å². The van der Waals surface area contributed by atoms with Crippen LogP contribution in [-0.4, -0.2) is 54.3 Å². The van der Waals surface area contributed by atoms with Gasteiger partial charge in [-0.25, -0.2) is 4.98 Å². The summed E-state index contributed by atoms with van der Waals surface area (Å²) in [5.74, 6) is 0.244. The number of Topliss-reactive ketones (excluding diaryl/α,β-unsaturated/α-hetero) is 1.